The van der Waals surface area contributed by atoms with Crippen LogP contribution in [0, 0.1) is 6.92 Å². The van der Waals surface area contributed by atoms with Gasteiger partial charge in [0.25, 0.3) is 11.8 Å². The molecule has 4 rings (SSSR count). The molecule has 2 aromatic rings. The summed E-state index contributed by atoms with van der Waals surface area (Å²) in [5.41, 5.74) is 1.33. The maximum absolute atomic E-state index is 12.8. The van der Waals surface area contributed by atoms with Crippen molar-refractivity contribution in [3.05, 3.63) is 47.4 Å². The Morgan fingerprint density at radius 2 is 1.85 bits per heavy atom. The third-order valence-corrected chi connectivity index (χ3v) is 5.33. The van der Waals surface area contributed by atoms with Crippen molar-refractivity contribution in [2.75, 3.05) is 0 Å². The summed E-state index contributed by atoms with van der Waals surface area (Å²) in [4.78, 5) is 58.8. The van der Waals surface area contributed by atoms with Crippen LogP contribution in [0.4, 0.5) is 0 Å². The first kappa shape index (κ1) is 17.3. The van der Waals surface area contributed by atoms with Gasteiger partial charge in [-0.2, -0.15) is 0 Å². The lowest BCUT2D eigenvalue weighted by Crippen LogP contribution is -2.54. The number of nitrogens with zero attached hydrogens (tertiary/aromatic N) is 3. The zero-order chi connectivity index (χ0) is 19.1. The van der Waals surface area contributed by atoms with Crippen molar-refractivity contribution in [3.8, 4) is 0 Å². The summed E-state index contributed by atoms with van der Waals surface area (Å²) in [6, 6.07) is 5.80. The smallest absolute Gasteiger partial charge is 0.262 e. The summed E-state index contributed by atoms with van der Waals surface area (Å²) < 4.78 is 0. The van der Waals surface area contributed by atoms with Gasteiger partial charge in [0.15, 0.2) is 0 Å². The van der Waals surface area contributed by atoms with Crippen LogP contribution in [0.25, 0.3) is 0 Å². The molecule has 1 fully saturated rings. The number of imide groups is 2. The van der Waals surface area contributed by atoms with Crippen LogP contribution in [-0.2, 0) is 9.59 Å². The molecule has 0 bridgehead atoms. The Morgan fingerprint density at radius 3 is 2.59 bits per heavy atom. The molecule has 3 heterocycles. The summed E-state index contributed by atoms with van der Waals surface area (Å²) in [5.74, 6) is -2.05. The highest BCUT2D eigenvalue weighted by Gasteiger charge is 2.44. The molecule has 0 spiro atoms. The Hall–Kier alpha value is -3.07. The number of piperidine rings is 1. The summed E-state index contributed by atoms with van der Waals surface area (Å²) in [6.07, 6.45) is 1.69. The molecule has 0 radical (unpaired) electrons. The van der Waals surface area contributed by atoms with Gasteiger partial charge in [0, 0.05) is 17.0 Å². The molecule has 9 heteroatoms. The third kappa shape index (κ3) is 3.10. The molecule has 27 heavy (non-hydrogen) atoms. The molecule has 1 N–H and O–H groups in total. The predicted octanol–water partition coefficient (Wildman–Crippen LogP) is 1.34. The van der Waals surface area contributed by atoms with E-state index in [1.54, 1.807) is 18.2 Å². The number of hydrogen-bond acceptors (Lipinski definition) is 7. The SMILES string of the molecule is Cc1cc(Sc2ccc3c(c2)C(=O)N(C2CCC(=O)NC2=O)C3=O)ncn1. The second-order valence-electron chi connectivity index (χ2n) is 6.25. The van der Waals surface area contributed by atoms with Crippen molar-refractivity contribution in [2.24, 2.45) is 0 Å². The molecular weight excluding hydrogens is 368 g/mol. The standard InChI is InChI=1S/C18H14N4O4S/c1-9-6-15(20-8-19-9)27-10-2-3-11-12(7-10)18(26)22(17(11)25)13-4-5-14(23)21-16(13)24/h2-3,6-8,13H,4-5H2,1H3,(H,21,23,24). The van der Waals surface area contributed by atoms with E-state index < -0.39 is 29.7 Å². The van der Waals surface area contributed by atoms with Crippen LogP contribution in [0.2, 0.25) is 0 Å². The Kier molecular flexibility index (Phi) is 4.23. The van der Waals surface area contributed by atoms with Gasteiger partial charge in [-0.3, -0.25) is 29.4 Å². The van der Waals surface area contributed by atoms with Crippen LogP contribution >= 0.6 is 11.8 Å². The van der Waals surface area contributed by atoms with E-state index in [4.69, 9.17) is 0 Å². The Labute approximate surface area is 158 Å². The fraction of sp³-hybridized carbons (Fsp3) is 0.222. The number of rotatable bonds is 3. The molecule has 0 saturated carbocycles. The van der Waals surface area contributed by atoms with Crippen molar-refractivity contribution in [3.63, 3.8) is 0 Å². The predicted molar refractivity (Wildman–Crippen MR) is 94.0 cm³/mol. The van der Waals surface area contributed by atoms with E-state index >= 15 is 0 Å². The van der Waals surface area contributed by atoms with E-state index in [0.29, 0.717) is 0 Å². The number of carbonyl (C=O) groups excluding carboxylic acids is 4. The third-order valence-electron chi connectivity index (χ3n) is 4.41. The van der Waals surface area contributed by atoms with Crippen molar-refractivity contribution in [1.29, 1.82) is 0 Å². The molecule has 4 amide bonds. The topological polar surface area (TPSA) is 109 Å². The second kappa shape index (κ2) is 6.58. The zero-order valence-electron chi connectivity index (χ0n) is 14.3. The number of carbonyl (C=O) groups is 4. The normalized spacial score (nSPS) is 19.3. The van der Waals surface area contributed by atoms with Gasteiger partial charge in [0.05, 0.1) is 11.1 Å². The average molecular weight is 382 g/mol. The van der Waals surface area contributed by atoms with E-state index in [9.17, 15) is 19.2 Å². The molecular formula is C18H14N4O4S. The summed E-state index contributed by atoms with van der Waals surface area (Å²) in [6.45, 7) is 1.86. The first-order valence-corrected chi connectivity index (χ1v) is 9.08. The number of aryl methyl sites for hydroxylation is 1. The quantitative estimate of drug-likeness (QED) is 0.630. The van der Waals surface area contributed by atoms with Gasteiger partial charge in [0.2, 0.25) is 11.8 Å². The van der Waals surface area contributed by atoms with Gasteiger partial charge in [-0.05, 0) is 37.6 Å². The monoisotopic (exact) mass is 382 g/mol. The van der Waals surface area contributed by atoms with Gasteiger partial charge in [-0.25, -0.2) is 9.97 Å². The number of benzene rings is 1. The maximum atomic E-state index is 12.8. The van der Waals surface area contributed by atoms with Gasteiger partial charge in [-0.15, -0.1) is 0 Å². The summed E-state index contributed by atoms with van der Waals surface area (Å²) in [7, 11) is 0. The van der Waals surface area contributed by atoms with Crippen LogP contribution in [0.3, 0.4) is 0 Å². The van der Waals surface area contributed by atoms with E-state index in [-0.39, 0.29) is 24.0 Å². The molecule has 1 unspecified atom stereocenters. The van der Waals surface area contributed by atoms with Crippen LogP contribution in [0.15, 0.2) is 40.5 Å². The summed E-state index contributed by atoms with van der Waals surface area (Å²) in [5, 5.41) is 2.90. The van der Waals surface area contributed by atoms with Gasteiger partial charge in [0.1, 0.15) is 17.4 Å². The van der Waals surface area contributed by atoms with Crippen molar-refractivity contribution in [2.45, 2.75) is 35.7 Å². The van der Waals surface area contributed by atoms with E-state index in [0.717, 1.165) is 20.5 Å². The lowest BCUT2D eigenvalue weighted by Gasteiger charge is -2.27. The Morgan fingerprint density at radius 1 is 1.07 bits per heavy atom. The highest BCUT2D eigenvalue weighted by Crippen LogP contribution is 2.33. The first-order chi connectivity index (χ1) is 12.9. The molecule has 136 valence electrons. The summed E-state index contributed by atoms with van der Waals surface area (Å²) >= 11 is 1.35. The lowest BCUT2D eigenvalue weighted by molar-refractivity contribution is -0.136. The van der Waals surface area contributed by atoms with E-state index in [2.05, 4.69) is 15.3 Å². The van der Waals surface area contributed by atoms with Gasteiger partial charge < -0.3 is 0 Å². The molecule has 0 aliphatic carbocycles. The van der Waals surface area contributed by atoms with Gasteiger partial charge >= 0.3 is 0 Å². The minimum atomic E-state index is -0.962. The van der Waals surface area contributed by atoms with E-state index in [1.165, 1.54) is 18.1 Å². The van der Waals surface area contributed by atoms with Crippen LogP contribution < -0.4 is 5.32 Å². The number of aromatic nitrogens is 2. The average Bonchev–Trinajstić information content (AvgIpc) is 2.86. The number of nitrogens with one attached hydrogen (secondary N) is 1. The molecule has 1 atom stereocenters. The van der Waals surface area contributed by atoms with Crippen LogP contribution in [0.5, 0.6) is 0 Å². The van der Waals surface area contributed by atoms with Crippen molar-refractivity contribution < 1.29 is 19.2 Å². The minimum Gasteiger partial charge on any atom is -0.295 e. The molecule has 1 aromatic carbocycles. The molecule has 8 nitrogen and oxygen atoms in total. The highest BCUT2D eigenvalue weighted by molar-refractivity contribution is 7.99. The highest BCUT2D eigenvalue weighted by atomic mass is 32.2. The Bertz CT molecular complexity index is 1010. The maximum Gasteiger partial charge on any atom is 0.262 e. The lowest BCUT2D eigenvalue weighted by atomic mass is 10.0. The van der Waals surface area contributed by atoms with Gasteiger partial charge in [-0.1, -0.05) is 11.8 Å². The molecule has 2 aliphatic heterocycles. The molecule has 2 aliphatic rings. The first-order valence-electron chi connectivity index (χ1n) is 8.26. The van der Waals surface area contributed by atoms with Crippen molar-refractivity contribution in [1.82, 2.24) is 20.2 Å². The number of amides is 4. The van der Waals surface area contributed by atoms with E-state index in [1.807, 2.05) is 13.0 Å². The molecule has 1 saturated heterocycles. The zero-order valence-corrected chi connectivity index (χ0v) is 15.1. The van der Waals surface area contributed by atoms with Crippen LogP contribution in [0.1, 0.15) is 39.3 Å². The fourth-order valence-electron chi connectivity index (χ4n) is 3.12. The second-order valence-corrected chi connectivity index (χ2v) is 7.35. The Balaban J connectivity index is 1.62. The minimum absolute atomic E-state index is 0.0952. The number of hydrogen-bond donors (Lipinski definition) is 1. The molecule has 1 aromatic heterocycles. The van der Waals surface area contributed by atoms with Crippen LogP contribution in [-0.4, -0.2) is 44.5 Å². The van der Waals surface area contributed by atoms with Crippen molar-refractivity contribution >= 4 is 35.4 Å². The fourth-order valence-corrected chi connectivity index (χ4v) is 4.00. The largest absolute Gasteiger partial charge is 0.295 e. The number of fused-ring (bicyclic) bond motifs is 1.